The van der Waals surface area contributed by atoms with E-state index in [1.807, 2.05) is 0 Å². The molecule has 1 saturated heterocycles. The van der Waals surface area contributed by atoms with Crippen molar-refractivity contribution in [1.29, 1.82) is 0 Å². The molecular weight excluding hydrogens is 218 g/mol. The summed E-state index contributed by atoms with van der Waals surface area (Å²) in [7, 11) is -2.87. The first-order valence-electron chi connectivity index (χ1n) is 5.16. The molecule has 15 heavy (non-hydrogen) atoms. The summed E-state index contributed by atoms with van der Waals surface area (Å²) in [5.74, 6) is -0.514. The van der Waals surface area contributed by atoms with E-state index in [9.17, 15) is 13.2 Å². The number of carboxylic acids is 1. The quantitative estimate of drug-likeness (QED) is 0.634. The summed E-state index contributed by atoms with van der Waals surface area (Å²) in [4.78, 5) is 10.2. The van der Waals surface area contributed by atoms with Gasteiger partial charge in [0.1, 0.15) is 0 Å². The molecule has 0 aromatic rings. The maximum Gasteiger partial charge on any atom is 0.303 e. The Balaban J connectivity index is 2.13. The molecular formula is C9H17NO4S. The topological polar surface area (TPSA) is 83.5 Å². The largest absolute Gasteiger partial charge is 0.481 e. The third-order valence-electron chi connectivity index (χ3n) is 2.58. The molecule has 0 spiro atoms. The normalized spacial score (nSPS) is 24.1. The Hall–Kier alpha value is -0.620. The molecule has 0 aromatic carbocycles. The number of rotatable bonds is 6. The maximum atomic E-state index is 11.4. The van der Waals surface area contributed by atoms with Crippen LogP contribution in [0.5, 0.6) is 0 Å². The van der Waals surface area contributed by atoms with Crippen LogP contribution < -0.4 is 5.32 Å². The van der Waals surface area contributed by atoms with Gasteiger partial charge >= 0.3 is 5.97 Å². The molecule has 0 aliphatic carbocycles. The van der Waals surface area contributed by atoms with Crippen LogP contribution in [0.25, 0.3) is 0 Å². The van der Waals surface area contributed by atoms with E-state index in [-0.39, 0.29) is 11.7 Å². The van der Waals surface area contributed by atoms with Gasteiger partial charge in [-0.15, -0.1) is 0 Å². The van der Waals surface area contributed by atoms with Gasteiger partial charge in [-0.25, -0.2) is 8.42 Å². The Labute approximate surface area is 89.8 Å². The van der Waals surface area contributed by atoms with Crippen LogP contribution in [0.3, 0.4) is 0 Å². The van der Waals surface area contributed by atoms with E-state index in [0.717, 1.165) is 12.8 Å². The zero-order chi connectivity index (χ0) is 11.3. The van der Waals surface area contributed by atoms with Crippen LogP contribution in [0.15, 0.2) is 0 Å². The zero-order valence-electron chi connectivity index (χ0n) is 8.61. The second-order valence-electron chi connectivity index (χ2n) is 3.83. The highest BCUT2D eigenvalue weighted by atomic mass is 32.2. The van der Waals surface area contributed by atoms with Crippen molar-refractivity contribution >= 4 is 15.8 Å². The van der Waals surface area contributed by atoms with E-state index in [1.165, 1.54) is 0 Å². The fourth-order valence-electron chi connectivity index (χ4n) is 1.72. The first-order valence-corrected chi connectivity index (χ1v) is 6.88. The lowest BCUT2D eigenvalue weighted by Crippen LogP contribution is -2.31. The molecule has 1 fully saturated rings. The van der Waals surface area contributed by atoms with Crippen molar-refractivity contribution in [1.82, 2.24) is 5.32 Å². The van der Waals surface area contributed by atoms with Crippen LogP contribution in [0.1, 0.15) is 25.7 Å². The van der Waals surface area contributed by atoms with E-state index in [2.05, 4.69) is 5.32 Å². The van der Waals surface area contributed by atoms with Crippen molar-refractivity contribution in [2.45, 2.75) is 30.9 Å². The minimum Gasteiger partial charge on any atom is -0.481 e. The van der Waals surface area contributed by atoms with Crippen LogP contribution >= 0.6 is 0 Å². The molecule has 1 aliphatic rings. The van der Waals surface area contributed by atoms with Crippen LogP contribution in [-0.4, -0.2) is 43.6 Å². The average Bonchev–Trinajstić information content (AvgIpc) is 2.44. The van der Waals surface area contributed by atoms with Crippen molar-refractivity contribution in [3.63, 3.8) is 0 Å². The molecule has 0 radical (unpaired) electrons. The monoisotopic (exact) mass is 235 g/mol. The minimum atomic E-state index is -2.87. The van der Waals surface area contributed by atoms with E-state index in [1.54, 1.807) is 0 Å². The van der Waals surface area contributed by atoms with Gasteiger partial charge in [-0.05, 0) is 25.8 Å². The number of aliphatic carboxylic acids is 1. The molecule has 0 bridgehead atoms. The van der Waals surface area contributed by atoms with Gasteiger partial charge in [0.2, 0.25) is 0 Å². The number of hydrogen-bond acceptors (Lipinski definition) is 4. The van der Waals surface area contributed by atoms with Crippen molar-refractivity contribution in [3.05, 3.63) is 0 Å². The fraction of sp³-hybridized carbons (Fsp3) is 0.889. The minimum absolute atomic E-state index is 0.129. The molecule has 1 unspecified atom stereocenters. The molecule has 88 valence electrons. The Morgan fingerprint density at radius 3 is 2.73 bits per heavy atom. The summed E-state index contributed by atoms with van der Waals surface area (Å²) in [6.45, 7) is 1.03. The van der Waals surface area contributed by atoms with Crippen LogP contribution in [0, 0.1) is 0 Å². The summed E-state index contributed by atoms with van der Waals surface area (Å²) in [6, 6.07) is 0. The number of hydrogen-bond donors (Lipinski definition) is 2. The Morgan fingerprint density at radius 1 is 1.47 bits per heavy atom. The molecule has 6 heteroatoms. The van der Waals surface area contributed by atoms with Gasteiger partial charge in [-0.2, -0.15) is 0 Å². The highest BCUT2D eigenvalue weighted by Gasteiger charge is 2.30. The first kappa shape index (κ1) is 12.4. The highest BCUT2D eigenvalue weighted by Crippen LogP contribution is 2.18. The van der Waals surface area contributed by atoms with Gasteiger partial charge in [0.25, 0.3) is 0 Å². The smallest absolute Gasteiger partial charge is 0.303 e. The summed E-state index contributed by atoms with van der Waals surface area (Å²) >= 11 is 0. The van der Waals surface area contributed by atoms with E-state index >= 15 is 0 Å². The highest BCUT2D eigenvalue weighted by molar-refractivity contribution is 7.92. The summed E-state index contributed by atoms with van der Waals surface area (Å²) in [5, 5.41) is 11.1. The maximum absolute atomic E-state index is 11.4. The first-order chi connectivity index (χ1) is 7.02. The van der Waals surface area contributed by atoms with Gasteiger partial charge in [0.15, 0.2) is 9.84 Å². The zero-order valence-corrected chi connectivity index (χ0v) is 9.42. The second-order valence-corrected chi connectivity index (χ2v) is 6.23. The van der Waals surface area contributed by atoms with Crippen molar-refractivity contribution in [2.24, 2.45) is 0 Å². The van der Waals surface area contributed by atoms with E-state index in [0.29, 0.717) is 25.3 Å². The number of nitrogens with one attached hydrogen (secondary N) is 1. The van der Waals surface area contributed by atoms with Gasteiger partial charge < -0.3 is 10.4 Å². The van der Waals surface area contributed by atoms with Gasteiger partial charge in [0.05, 0.1) is 11.0 Å². The van der Waals surface area contributed by atoms with E-state index < -0.39 is 15.8 Å². The summed E-state index contributed by atoms with van der Waals surface area (Å²) < 4.78 is 22.8. The Morgan fingerprint density at radius 2 is 2.20 bits per heavy atom. The molecule has 1 atom stereocenters. The Kier molecular flexibility index (Phi) is 4.53. The molecule has 1 heterocycles. The summed E-state index contributed by atoms with van der Waals surface area (Å²) in [6.07, 6.45) is 2.16. The number of carbonyl (C=O) groups is 1. The third-order valence-corrected chi connectivity index (χ3v) is 4.85. The molecule has 0 saturated carbocycles. The van der Waals surface area contributed by atoms with Crippen molar-refractivity contribution in [3.8, 4) is 0 Å². The van der Waals surface area contributed by atoms with Crippen LogP contribution in [-0.2, 0) is 14.6 Å². The molecule has 1 aliphatic heterocycles. The average molecular weight is 235 g/mol. The van der Waals surface area contributed by atoms with Crippen LogP contribution in [0.4, 0.5) is 0 Å². The van der Waals surface area contributed by atoms with Crippen molar-refractivity contribution in [2.75, 3.05) is 18.8 Å². The molecule has 0 aromatic heterocycles. The number of sulfone groups is 1. The third kappa shape index (κ3) is 4.17. The standard InChI is InChI=1S/C9H17NO4S/c11-9(12)4-1-5-10-7-8-3-2-6-15(8,13)14/h8,10H,1-7H2,(H,11,12). The molecule has 2 N–H and O–H groups in total. The lowest BCUT2D eigenvalue weighted by atomic mass is 10.2. The second kappa shape index (κ2) is 5.46. The molecule has 1 rings (SSSR count). The lowest BCUT2D eigenvalue weighted by molar-refractivity contribution is -0.137. The SMILES string of the molecule is O=C(O)CCCNCC1CCCS1(=O)=O. The van der Waals surface area contributed by atoms with Crippen LogP contribution in [0.2, 0.25) is 0 Å². The molecule has 5 nitrogen and oxygen atoms in total. The summed E-state index contributed by atoms with van der Waals surface area (Å²) in [5.41, 5.74) is 0. The number of carboxylic acid groups (broad SMARTS) is 1. The van der Waals surface area contributed by atoms with Crippen molar-refractivity contribution < 1.29 is 18.3 Å². The van der Waals surface area contributed by atoms with E-state index in [4.69, 9.17) is 5.11 Å². The molecule has 0 amide bonds. The lowest BCUT2D eigenvalue weighted by Gasteiger charge is -2.09. The predicted molar refractivity (Wildman–Crippen MR) is 56.5 cm³/mol. The van der Waals surface area contributed by atoms with Gasteiger partial charge in [-0.1, -0.05) is 0 Å². The fourth-order valence-corrected chi connectivity index (χ4v) is 3.52. The van der Waals surface area contributed by atoms with Gasteiger partial charge in [0, 0.05) is 13.0 Å². The van der Waals surface area contributed by atoms with Gasteiger partial charge in [-0.3, -0.25) is 4.79 Å². The Bertz CT molecular complexity index is 312. The predicted octanol–water partition coefficient (Wildman–Crippen LogP) is 0.0180.